The second-order valence-corrected chi connectivity index (χ2v) is 8.28. The van der Waals surface area contributed by atoms with Crippen LogP contribution < -0.4 is 10.2 Å². The topological polar surface area (TPSA) is 66.5 Å². The van der Waals surface area contributed by atoms with Crippen molar-refractivity contribution in [3.05, 3.63) is 53.1 Å². The van der Waals surface area contributed by atoms with E-state index in [9.17, 15) is 14.4 Å². The molecular formula is C23H23ClN2O3. The fraction of sp³-hybridized carbons (Fsp3) is 0.348. The van der Waals surface area contributed by atoms with Crippen molar-refractivity contribution in [3.63, 3.8) is 0 Å². The van der Waals surface area contributed by atoms with Gasteiger partial charge >= 0.3 is 0 Å². The van der Waals surface area contributed by atoms with Crippen LogP contribution in [0.2, 0.25) is 5.02 Å². The smallest absolute Gasteiger partial charge is 0.234 e. The number of imide groups is 1. The Labute approximate surface area is 175 Å². The van der Waals surface area contributed by atoms with Gasteiger partial charge in [-0.05, 0) is 42.0 Å². The summed E-state index contributed by atoms with van der Waals surface area (Å²) in [6, 6.07) is 13.4. The van der Waals surface area contributed by atoms with E-state index in [4.69, 9.17) is 11.6 Å². The number of halogens is 1. The van der Waals surface area contributed by atoms with Gasteiger partial charge in [0.1, 0.15) is 0 Å². The largest absolute Gasteiger partial charge is 0.312 e. The minimum absolute atomic E-state index is 0.161. The van der Waals surface area contributed by atoms with E-state index < -0.39 is 5.92 Å². The Kier molecular flexibility index (Phi) is 5.41. The number of nitrogens with zero attached hydrogens (tertiary/aromatic N) is 1. The van der Waals surface area contributed by atoms with Crippen LogP contribution in [0.1, 0.15) is 44.1 Å². The maximum Gasteiger partial charge on any atom is 0.234 e. The standard InChI is InChI=1S/C23H23ClN2O3/c1-14-11-12-26(21(28)13-14)16-7-5-15(6-8-16)17-3-2-4-18(22(17)24)19-9-10-20(27)25-23(19)29/h2-8,14,19H,9-13H2,1H3,(H,25,27,29). The average molecular weight is 411 g/mol. The van der Waals surface area contributed by atoms with E-state index in [1.165, 1.54) is 0 Å². The molecule has 2 saturated heterocycles. The summed E-state index contributed by atoms with van der Waals surface area (Å²) in [6.07, 6.45) is 2.37. The summed E-state index contributed by atoms with van der Waals surface area (Å²) in [5, 5.41) is 2.92. The zero-order chi connectivity index (χ0) is 20.5. The highest BCUT2D eigenvalue weighted by Crippen LogP contribution is 2.37. The summed E-state index contributed by atoms with van der Waals surface area (Å²) in [6.45, 7) is 2.85. The maximum atomic E-state index is 12.3. The van der Waals surface area contributed by atoms with Crippen molar-refractivity contribution in [1.82, 2.24) is 5.32 Å². The van der Waals surface area contributed by atoms with Gasteiger partial charge in [0, 0.05) is 30.6 Å². The molecule has 2 fully saturated rings. The van der Waals surface area contributed by atoms with Gasteiger partial charge in [0.05, 0.1) is 10.9 Å². The number of nitrogens with one attached hydrogen (secondary N) is 1. The number of carbonyl (C=O) groups is 3. The monoisotopic (exact) mass is 410 g/mol. The number of hydrogen-bond acceptors (Lipinski definition) is 3. The fourth-order valence-corrected chi connectivity index (χ4v) is 4.48. The molecule has 1 N–H and O–H groups in total. The van der Waals surface area contributed by atoms with Gasteiger partial charge in [-0.25, -0.2) is 0 Å². The number of piperidine rings is 2. The molecular weight excluding hydrogens is 388 g/mol. The summed E-state index contributed by atoms with van der Waals surface area (Å²) in [4.78, 5) is 37.9. The van der Waals surface area contributed by atoms with Crippen LogP contribution in [0.4, 0.5) is 5.69 Å². The quantitative estimate of drug-likeness (QED) is 0.767. The van der Waals surface area contributed by atoms with Gasteiger partial charge in [-0.15, -0.1) is 0 Å². The second-order valence-electron chi connectivity index (χ2n) is 7.90. The van der Waals surface area contributed by atoms with E-state index >= 15 is 0 Å². The van der Waals surface area contributed by atoms with Gasteiger partial charge in [0.15, 0.2) is 0 Å². The highest BCUT2D eigenvalue weighted by Gasteiger charge is 2.30. The highest BCUT2D eigenvalue weighted by atomic mass is 35.5. The van der Waals surface area contributed by atoms with E-state index in [0.717, 1.165) is 35.3 Å². The molecule has 150 valence electrons. The van der Waals surface area contributed by atoms with Gasteiger partial charge in [-0.1, -0.05) is 48.9 Å². The van der Waals surface area contributed by atoms with Gasteiger partial charge in [-0.3, -0.25) is 19.7 Å². The molecule has 2 aliphatic rings. The lowest BCUT2D eigenvalue weighted by atomic mass is 9.88. The summed E-state index contributed by atoms with van der Waals surface area (Å²) in [5.74, 6) is -0.363. The van der Waals surface area contributed by atoms with E-state index in [0.29, 0.717) is 30.2 Å². The number of anilines is 1. The van der Waals surface area contributed by atoms with Crippen LogP contribution in [0, 0.1) is 5.92 Å². The zero-order valence-corrected chi connectivity index (χ0v) is 17.0. The van der Waals surface area contributed by atoms with Crippen LogP contribution in [0.3, 0.4) is 0 Å². The molecule has 5 nitrogen and oxygen atoms in total. The maximum absolute atomic E-state index is 12.3. The molecule has 2 unspecified atom stereocenters. The molecule has 2 aromatic carbocycles. The molecule has 0 bridgehead atoms. The van der Waals surface area contributed by atoms with Crippen LogP contribution in [-0.4, -0.2) is 24.3 Å². The lowest BCUT2D eigenvalue weighted by molar-refractivity contribution is -0.134. The predicted octanol–water partition coefficient (Wildman–Crippen LogP) is 4.29. The first-order valence-corrected chi connectivity index (χ1v) is 10.3. The number of hydrogen-bond donors (Lipinski definition) is 1. The first-order valence-electron chi connectivity index (χ1n) is 9.97. The Bertz CT molecular complexity index is 971. The molecule has 4 rings (SSSR count). The lowest BCUT2D eigenvalue weighted by Crippen LogP contribution is -2.39. The van der Waals surface area contributed by atoms with Gasteiger partial charge < -0.3 is 4.90 Å². The van der Waals surface area contributed by atoms with E-state index in [1.54, 1.807) is 0 Å². The first kappa shape index (κ1) is 19.6. The fourth-order valence-electron chi connectivity index (χ4n) is 4.11. The molecule has 29 heavy (non-hydrogen) atoms. The Balaban J connectivity index is 1.60. The molecule has 2 aliphatic heterocycles. The molecule has 0 aliphatic carbocycles. The molecule has 2 atom stereocenters. The number of benzene rings is 2. The van der Waals surface area contributed by atoms with Crippen molar-refractivity contribution in [1.29, 1.82) is 0 Å². The van der Waals surface area contributed by atoms with Crippen molar-refractivity contribution in [2.45, 2.75) is 38.5 Å². The molecule has 6 heteroatoms. The Morgan fingerprint density at radius 1 is 1.03 bits per heavy atom. The zero-order valence-electron chi connectivity index (χ0n) is 16.3. The third-order valence-corrected chi connectivity index (χ3v) is 6.22. The third-order valence-electron chi connectivity index (χ3n) is 5.80. The first-order chi connectivity index (χ1) is 13.9. The van der Waals surface area contributed by atoms with Gasteiger partial charge in [0.2, 0.25) is 17.7 Å². The van der Waals surface area contributed by atoms with Crippen LogP contribution >= 0.6 is 11.6 Å². The van der Waals surface area contributed by atoms with Crippen molar-refractivity contribution >= 4 is 35.0 Å². The molecule has 0 spiro atoms. The van der Waals surface area contributed by atoms with E-state index in [-0.39, 0.29) is 17.7 Å². The van der Waals surface area contributed by atoms with Crippen molar-refractivity contribution in [3.8, 4) is 11.1 Å². The van der Waals surface area contributed by atoms with Crippen molar-refractivity contribution < 1.29 is 14.4 Å². The van der Waals surface area contributed by atoms with E-state index in [1.807, 2.05) is 47.4 Å². The van der Waals surface area contributed by atoms with Crippen molar-refractivity contribution in [2.75, 3.05) is 11.4 Å². The predicted molar refractivity (Wildman–Crippen MR) is 113 cm³/mol. The second kappa shape index (κ2) is 7.99. The average Bonchev–Trinajstić information content (AvgIpc) is 2.69. The van der Waals surface area contributed by atoms with Crippen LogP contribution in [0.15, 0.2) is 42.5 Å². The Morgan fingerprint density at radius 3 is 2.48 bits per heavy atom. The SMILES string of the molecule is CC1CCN(c2ccc(-c3cccc(C4CCC(=O)NC4=O)c3Cl)cc2)C(=O)C1. The Hall–Kier alpha value is -2.66. The number of amides is 3. The van der Waals surface area contributed by atoms with Crippen LogP contribution in [0.5, 0.6) is 0 Å². The molecule has 3 amide bonds. The summed E-state index contributed by atoms with van der Waals surface area (Å²) >= 11 is 6.68. The summed E-state index contributed by atoms with van der Waals surface area (Å²) in [5.41, 5.74) is 3.38. The minimum atomic E-state index is -0.424. The Morgan fingerprint density at radius 2 is 1.79 bits per heavy atom. The highest BCUT2D eigenvalue weighted by molar-refractivity contribution is 6.34. The molecule has 0 aromatic heterocycles. The van der Waals surface area contributed by atoms with Gasteiger partial charge in [0.25, 0.3) is 0 Å². The van der Waals surface area contributed by atoms with Crippen LogP contribution in [-0.2, 0) is 14.4 Å². The molecule has 2 aromatic rings. The summed E-state index contributed by atoms with van der Waals surface area (Å²) < 4.78 is 0. The number of rotatable bonds is 3. The van der Waals surface area contributed by atoms with E-state index in [2.05, 4.69) is 12.2 Å². The van der Waals surface area contributed by atoms with Crippen molar-refractivity contribution in [2.24, 2.45) is 5.92 Å². The van der Waals surface area contributed by atoms with Gasteiger partial charge in [-0.2, -0.15) is 0 Å². The minimum Gasteiger partial charge on any atom is -0.312 e. The molecule has 2 heterocycles. The van der Waals surface area contributed by atoms with Crippen LogP contribution in [0.25, 0.3) is 11.1 Å². The molecule has 0 saturated carbocycles. The third kappa shape index (κ3) is 3.92. The summed E-state index contributed by atoms with van der Waals surface area (Å²) in [7, 11) is 0. The number of carbonyl (C=O) groups excluding carboxylic acids is 3. The molecule has 0 radical (unpaired) electrons. The lowest BCUT2D eigenvalue weighted by Gasteiger charge is -2.30. The normalized spacial score (nSPS) is 22.6.